The zero-order chi connectivity index (χ0) is 14.9. The molecule has 0 spiro atoms. The zero-order valence-electron chi connectivity index (χ0n) is 12.8. The van der Waals surface area contributed by atoms with Gasteiger partial charge in [-0.25, -0.2) is 0 Å². The molecule has 0 aliphatic rings. The van der Waals surface area contributed by atoms with E-state index in [2.05, 4.69) is 42.6 Å². The van der Waals surface area contributed by atoms with Crippen molar-refractivity contribution < 1.29 is 4.74 Å². The summed E-state index contributed by atoms with van der Waals surface area (Å²) in [6.07, 6.45) is 5.19. The topological polar surface area (TPSA) is 21.3 Å². The minimum atomic E-state index is 0.414. The van der Waals surface area contributed by atoms with E-state index in [-0.39, 0.29) is 0 Å². The van der Waals surface area contributed by atoms with E-state index >= 15 is 0 Å². The summed E-state index contributed by atoms with van der Waals surface area (Å²) in [5.41, 5.74) is 2.49. The van der Waals surface area contributed by atoms with Crippen LogP contribution < -0.4 is 10.1 Å². The summed E-state index contributed by atoms with van der Waals surface area (Å²) in [7, 11) is 1.99. The largest absolute Gasteiger partial charge is 0.490 e. The van der Waals surface area contributed by atoms with Gasteiger partial charge in [-0.05, 0) is 42.8 Å². The molecular weight excluding hydrogens is 258 g/mol. The molecule has 0 saturated carbocycles. The smallest absolute Gasteiger partial charge is 0.119 e. The fraction of sp³-hybridized carbons (Fsp3) is 0.263. The monoisotopic (exact) mass is 281 g/mol. The molecule has 1 unspecified atom stereocenters. The SMILES string of the molecule is CCC(NC)c1ccc(OC/C=C/c2ccccc2)cc1. The summed E-state index contributed by atoms with van der Waals surface area (Å²) < 4.78 is 5.72. The second-order valence-electron chi connectivity index (χ2n) is 4.94. The lowest BCUT2D eigenvalue weighted by Gasteiger charge is -2.14. The second kappa shape index (κ2) is 8.28. The molecule has 2 nitrogen and oxygen atoms in total. The lowest BCUT2D eigenvalue weighted by Crippen LogP contribution is -2.14. The van der Waals surface area contributed by atoms with Gasteiger partial charge in [0.1, 0.15) is 12.4 Å². The van der Waals surface area contributed by atoms with E-state index in [4.69, 9.17) is 4.74 Å². The molecular formula is C19H23NO. The standard InChI is InChI=1S/C19H23NO/c1-3-19(20-2)17-11-13-18(14-12-17)21-15-7-10-16-8-5-4-6-9-16/h4-14,19-20H,3,15H2,1-2H3/b10-7+. The molecule has 0 radical (unpaired) electrons. The van der Waals surface area contributed by atoms with Crippen LogP contribution in [0.2, 0.25) is 0 Å². The van der Waals surface area contributed by atoms with Gasteiger partial charge in [-0.15, -0.1) is 0 Å². The highest BCUT2D eigenvalue weighted by Gasteiger charge is 2.05. The Hall–Kier alpha value is -2.06. The average Bonchev–Trinajstić information content (AvgIpc) is 2.55. The van der Waals surface area contributed by atoms with Crippen molar-refractivity contribution in [2.75, 3.05) is 13.7 Å². The summed E-state index contributed by atoms with van der Waals surface area (Å²) in [6, 6.07) is 19.0. The summed E-state index contributed by atoms with van der Waals surface area (Å²) in [6.45, 7) is 2.76. The van der Waals surface area contributed by atoms with Crippen molar-refractivity contribution in [3.8, 4) is 5.75 Å². The van der Waals surface area contributed by atoms with Crippen LogP contribution >= 0.6 is 0 Å². The molecule has 0 amide bonds. The van der Waals surface area contributed by atoms with E-state index in [0.29, 0.717) is 12.6 Å². The van der Waals surface area contributed by atoms with E-state index in [0.717, 1.165) is 12.2 Å². The van der Waals surface area contributed by atoms with Crippen LogP contribution in [-0.2, 0) is 0 Å². The van der Waals surface area contributed by atoms with Crippen LogP contribution in [0.1, 0.15) is 30.5 Å². The van der Waals surface area contributed by atoms with Gasteiger partial charge >= 0.3 is 0 Å². The predicted molar refractivity (Wildman–Crippen MR) is 89.5 cm³/mol. The quantitative estimate of drug-likeness (QED) is 0.809. The first-order chi connectivity index (χ1) is 10.3. The molecule has 0 aliphatic carbocycles. The maximum absolute atomic E-state index is 5.72. The van der Waals surface area contributed by atoms with Crippen molar-refractivity contribution in [3.05, 3.63) is 71.8 Å². The number of rotatable bonds is 7. The third-order valence-electron chi connectivity index (χ3n) is 3.50. The van der Waals surface area contributed by atoms with E-state index in [1.165, 1.54) is 11.1 Å². The Morgan fingerprint density at radius 1 is 1.05 bits per heavy atom. The lowest BCUT2D eigenvalue weighted by atomic mass is 10.1. The third kappa shape index (κ3) is 4.76. The molecule has 0 aromatic heterocycles. The molecule has 0 fully saturated rings. The Labute approximate surface area is 127 Å². The Bertz CT molecular complexity index is 542. The van der Waals surface area contributed by atoms with Crippen LogP contribution in [0.25, 0.3) is 6.08 Å². The van der Waals surface area contributed by atoms with Crippen molar-refractivity contribution in [1.29, 1.82) is 0 Å². The fourth-order valence-corrected chi connectivity index (χ4v) is 2.30. The molecule has 0 aliphatic heterocycles. The molecule has 21 heavy (non-hydrogen) atoms. The first-order valence-electron chi connectivity index (χ1n) is 7.45. The van der Waals surface area contributed by atoms with Gasteiger partial charge in [-0.2, -0.15) is 0 Å². The number of hydrogen-bond donors (Lipinski definition) is 1. The van der Waals surface area contributed by atoms with Crippen molar-refractivity contribution >= 4 is 6.08 Å². The van der Waals surface area contributed by atoms with Gasteiger partial charge in [0.25, 0.3) is 0 Å². The Morgan fingerprint density at radius 2 is 1.76 bits per heavy atom. The number of benzene rings is 2. The van der Waals surface area contributed by atoms with Gasteiger partial charge in [0.2, 0.25) is 0 Å². The van der Waals surface area contributed by atoms with E-state index < -0.39 is 0 Å². The van der Waals surface area contributed by atoms with Gasteiger partial charge in [-0.3, -0.25) is 0 Å². The van der Waals surface area contributed by atoms with Gasteiger partial charge in [0.05, 0.1) is 0 Å². The molecule has 1 N–H and O–H groups in total. The minimum Gasteiger partial charge on any atom is -0.490 e. The van der Waals surface area contributed by atoms with Gasteiger partial charge in [-0.1, -0.05) is 55.5 Å². The second-order valence-corrected chi connectivity index (χ2v) is 4.94. The molecule has 2 heteroatoms. The summed E-state index contributed by atoms with van der Waals surface area (Å²) >= 11 is 0. The molecule has 2 aromatic carbocycles. The minimum absolute atomic E-state index is 0.414. The van der Waals surface area contributed by atoms with Crippen molar-refractivity contribution in [3.63, 3.8) is 0 Å². The summed E-state index contributed by atoms with van der Waals surface area (Å²) in [4.78, 5) is 0. The van der Waals surface area contributed by atoms with E-state index in [1.807, 2.05) is 43.5 Å². The first kappa shape index (κ1) is 15.3. The maximum atomic E-state index is 5.72. The molecule has 1 atom stereocenters. The number of ether oxygens (including phenoxy) is 1. The number of hydrogen-bond acceptors (Lipinski definition) is 2. The van der Waals surface area contributed by atoms with Gasteiger partial charge < -0.3 is 10.1 Å². The van der Waals surface area contributed by atoms with E-state index in [1.54, 1.807) is 0 Å². The van der Waals surface area contributed by atoms with Crippen molar-refractivity contribution in [1.82, 2.24) is 5.32 Å². The molecule has 0 saturated heterocycles. The Morgan fingerprint density at radius 3 is 2.38 bits per heavy atom. The molecule has 0 heterocycles. The highest BCUT2D eigenvalue weighted by molar-refractivity contribution is 5.48. The van der Waals surface area contributed by atoms with E-state index in [9.17, 15) is 0 Å². The molecule has 2 rings (SSSR count). The van der Waals surface area contributed by atoms with Gasteiger partial charge in [0, 0.05) is 6.04 Å². The van der Waals surface area contributed by atoms with Crippen LogP contribution in [0.5, 0.6) is 5.75 Å². The molecule has 0 bridgehead atoms. The van der Waals surface area contributed by atoms with Gasteiger partial charge in [0.15, 0.2) is 0 Å². The lowest BCUT2D eigenvalue weighted by molar-refractivity contribution is 0.363. The molecule has 2 aromatic rings. The van der Waals surface area contributed by atoms with Crippen LogP contribution in [0.4, 0.5) is 0 Å². The fourth-order valence-electron chi connectivity index (χ4n) is 2.30. The summed E-state index contributed by atoms with van der Waals surface area (Å²) in [5, 5.41) is 3.31. The van der Waals surface area contributed by atoms with Crippen molar-refractivity contribution in [2.24, 2.45) is 0 Å². The Balaban J connectivity index is 1.85. The Kier molecular flexibility index (Phi) is 6.04. The summed E-state index contributed by atoms with van der Waals surface area (Å²) in [5.74, 6) is 0.905. The first-order valence-corrected chi connectivity index (χ1v) is 7.45. The zero-order valence-corrected chi connectivity index (χ0v) is 12.8. The highest BCUT2D eigenvalue weighted by atomic mass is 16.5. The average molecular weight is 281 g/mol. The third-order valence-corrected chi connectivity index (χ3v) is 3.50. The number of nitrogens with one attached hydrogen (secondary N) is 1. The van der Waals surface area contributed by atoms with Crippen LogP contribution in [0.3, 0.4) is 0 Å². The normalized spacial score (nSPS) is 12.5. The van der Waals surface area contributed by atoms with Crippen LogP contribution in [-0.4, -0.2) is 13.7 Å². The van der Waals surface area contributed by atoms with Crippen molar-refractivity contribution in [2.45, 2.75) is 19.4 Å². The van der Waals surface area contributed by atoms with Crippen LogP contribution in [0.15, 0.2) is 60.7 Å². The maximum Gasteiger partial charge on any atom is 0.119 e. The molecule has 110 valence electrons. The highest BCUT2D eigenvalue weighted by Crippen LogP contribution is 2.19. The van der Waals surface area contributed by atoms with Crippen LogP contribution in [0, 0.1) is 0 Å². The predicted octanol–water partition coefficient (Wildman–Crippen LogP) is 4.45.